The average molecular weight is 253 g/mol. The van der Waals surface area contributed by atoms with Crippen molar-refractivity contribution >= 4 is 10.0 Å². The topological polar surface area (TPSA) is 46.6 Å². The maximum Gasteiger partial charge on any atom is 0.214 e. The van der Waals surface area contributed by atoms with E-state index >= 15 is 0 Å². The number of ether oxygens (including phenoxy) is 1. The minimum absolute atomic E-state index is 0.157. The van der Waals surface area contributed by atoms with E-state index in [0.29, 0.717) is 19.7 Å². The summed E-state index contributed by atoms with van der Waals surface area (Å²) in [5, 5.41) is 0. The lowest BCUT2D eigenvalue weighted by Gasteiger charge is -2.46. The predicted octanol–water partition coefficient (Wildman–Crippen LogP) is 1.08. The zero-order valence-corrected chi connectivity index (χ0v) is 10.5. The summed E-state index contributed by atoms with van der Waals surface area (Å²) in [4.78, 5) is 0. The Morgan fingerprint density at radius 2 is 2.06 bits per heavy atom. The van der Waals surface area contributed by atoms with Crippen molar-refractivity contribution in [3.8, 4) is 0 Å². The SMILES string of the molecule is CCS(=O)(=O)N1CC2(C1)OCc1ccccc12. The molecule has 0 N–H and O–H groups in total. The summed E-state index contributed by atoms with van der Waals surface area (Å²) < 4.78 is 30.7. The minimum Gasteiger partial charge on any atom is -0.363 e. The molecule has 1 aromatic rings. The number of nitrogens with zero attached hydrogens (tertiary/aromatic N) is 1. The Kier molecular flexibility index (Phi) is 2.33. The number of hydrogen-bond acceptors (Lipinski definition) is 3. The Morgan fingerprint density at radius 1 is 1.35 bits per heavy atom. The molecule has 0 atom stereocenters. The molecule has 2 heterocycles. The molecule has 0 radical (unpaired) electrons. The fraction of sp³-hybridized carbons (Fsp3) is 0.500. The van der Waals surface area contributed by atoms with Crippen LogP contribution >= 0.6 is 0 Å². The van der Waals surface area contributed by atoms with E-state index in [4.69, 9.17) is 4.74 Å². The van der Waals surface area contributed by atoms with Crippen molar-refractivity contribution in [2.24, 2.45) is 0 Å². The molecule has 1 fully saturated rings. The van der Waals surface area contributed by atoms with E-state index in [9.17, 15) is 8.42 Å². The Hall–Kier alpha value is -0.910. The molecule has 0 unspecified atom stereocenters. The predicted molar refractivity (Wildman–Crippen MR) is 63.9 cm³/mol. The molecule has 2 aliphatic heterocycles. The third kappa shape index (κ3) is 1.53. The van der Waals surface area contributed by atoms with Gasteiger partial charge in [-0.2, -0.15) is 4.31 Å². The van der Waals surface area contributed by atoms with Crippen LogP contribution in [0, 0.1) is 0 Å². The van der Waals surface area contributed by atoms with Gasteiger partial charge in [-0.15, -0.1) is 0 Å². The number of sulfonamides is 1. The zero-order valence-electron chi connectivity index (χ0n) is 9.72. The maximum atomic E-state index is 11.7. The van der Waals surface area contributed by atoms with Crippen molar-refractivity contribution in [3.05, 3.63) is 35.4 Å². The van der Waals surface area contributed by atoms with Gasteiger partial charge in [0.25, 0.3) is 0 Å². The van der Waals surface area contributed by atoms with Crippen molar-refractivity contribution in [3.63, 3.8) is 0 Å². The van der Waals surface area contributed by atoms with E-state index in [1.54, 1.807) is 6.92 Å². The van der Waals surface area contributed by atoms with Gasteiger partial charge in [0.1, 0.15) is 5.60 Å². The van der Waals surface area contributed by atoms with E-state index in [1.807, 2.05) is 24.3 Å². The second-order valence-corrected chi connectivity index (χ2v) is 6.87. The first kappa shape index (κ1) is 11.2. The number of benzene rings is 1. The van der Waals surface area contributed by atoms with Crippen LogP contribution in [0.1, 0.15) is 18.1 Å². The smallest absolute Gasteiger partial charge is 0.214 e. The van der Waals surface area contributed by atoms with Gasteiger partial charge in [-0.1, -0.05) is 24.3 Å². The third-order valence-electron chi connectivity index (χ3n) is 3.63. The van der Waals surface area contributed by atoms with Crippen molar-refractivity contribution in [1.29, 1.82) is 0 Å². The highest BCUT2D eigenvalue weighted by molar-refractivity contribution is 7.89. The second kappa shape index (κ2) is 3.54. The van der Waals surface area contributed by atoms with Crippen LogP contribution in [-0.2, 0) is 27.0 Å². The first-order chi connectivity index (χ1) is 8.07. The van der Waals surface area contributed by atoms with Gasteiger partial charge in [-0.3, -0.25) is 0 Å². The molecule has 0 bridgehead atoms. The van der Waals surface area contributed by atoms with Crippen LogP contribution in [0.4, 0.5) is 0 Å². The fourth-order valence-electron chi connectivity index (χ4n) is 2.55. The molecule has 4 nitrogen and oxygen atoms in total. The Bertz CT molecular complexity index is 547. The normalized spacial score (nSPS) is 22.4. The molecule has 0 aliphatic carbocycles. The summed E-state index contributed by atoms with van der Waals surface area (Å²) in [6, 6.07) is 8.05. The maximum absolute atomic E-state index is 11.7. The minimum atomic E-state index is -3.07. The Balaban J connectivity index is 1.86. The molecule has 3 rings (SSSR count). The van der Waals surface area contributed by atoms with Gasteiger partial charge < -0.3 is 4.74 Å². The molecule has 1 spiro atoms. The highest BCUT2D eigenvalue weighted by atomic mass is 32.2. The summed E-state index contributed by atoms with van der Waals surface area (Å²) in [7, 11) is -3.07. The summed E-state index contributed by atoms with van der Waals surface area (Å²) in [6.45, 7) is 3.18. The summed E-state index contributed by atoms with van der Waals surface area (Å²) in [5.74, 6) is 0.157. The molecule has 5 heteroatoms. The van der Waals surface area contributed by atoms with E-state index in [1.165, 1.54) is 9.87 Å². The van der Waals surface area contributed by atoms with Crippen LogP contribution in [0.15, 0.2) is 24.3 Å². The van der Waals surface area contributed by atoms with Crippen molar-refractivity contribution in [2.45, 2.75) is 19.1 Å². The molecule has 0 aromatic heterocycles. The van der Waals surface area contributed by atoms with Gasteiger partial charge in [0, 0.05) is 13.1 Å². The van der Waals surface area contributed by atoms with E-state index in [0.717, 1.165) is 5.56 Å². The fourth-order valence-corrected chi connectivity index (χ4v) is 3.72. The summed E-state index contributed by atoms with van der Waals surface area (Å²) >= 11 is 0. The molecular formula is C12H15NO3S. The number of fused-ring (bicyclic) bond motifs is 2. The van der Waals surface area contributed by atoms with E-state index in [2.05, 4.69) is 0 Å². The summed E-state index contributed by atoms with van der Waals surface area (Å²) in [5.41, 5.74) is 1.96. The lowest BCUT2D eigenvalue weighted by Crippen LogP contribution is -2.61. The highest BCUT2D eigenvalue weighted by Crippen LogP contribution is 2.44. The molecule has 2 aliphatic rings. The van der Waals surface area contributed by atoms with Gasteiger partial charge in [0.15, 0.2) is 0 Å². The van der Waals surface area contributed by atoms with Crippen molar-refractivity contribution in [2.75, 3.05) is 18.8 Å². The lowest BCUT2D eigenvalue weighted by molar-refractivity contribution is -0.112. The van der Waals surface area contributed by atoms with Crippen LogP contribution in [0.25, 0.3) is 0 Å². The Labute approximate surface area is 101 Å². The van der Waals surface area contributed by atoms with Crippen LogP contribution in [0.2, 0.25) is 0 Å². The standard InChI is InChI=1S/C12H15NO3S/c1-2-17(14,15)13-8-12(9-13)11-6-4-3-5-10(11)7-16-12/h3-6H,2,7-9H2,1H3. The monoisotopic (exact) mass is 253 g/mol. The third-order valence-corrected chi connectivity index (χ3v) is 5.41. The lowest BCUT2D eigenvalue weighted by atomic mass is 9.87. The quantitative estimate of drug-likeness (QED) is 0.792. The largest absolute Gasteiger partial charge is 0.363 e. The molecular weight excluding hydrogens is 238 g/mol. The van der Waals surface area contributed by atoms with Gasteiger partial charge in [0.2, 0.25) is 10.0 Å². The number of rotatable bonds is 2. The molecule has 0 amide bonds. The van der Waals surface area contributed by atoms with Gasteiger partial charge in [0.05, 0.1) is 12.4 Å². The zero-order chi connectivity index (χ0) is 12.1. The van der Waals surface area contributed by atoms with Crippen LogP contribution in [0.3, 0.4) is 0 Å². The molecule has 1 saturated heterocycles. The van der Waals surface area contributed by atoms with Gasteiger partial charge >= 0.3 is 0 Å². The first-order valence-corrected chi connectivity index (χ1v) is 7.38. The van der Waals surface area contributed by atoms with Crippen molar-refractivity contribution < 1.29 is 13.2 Å². The van der Waals surface area contributed by atoms with E-state index in [-0.39, 0.29) is 11.4 Å². The molecule has 1 aromatic carbocycles. The molecule has 0 saturated carbocycles. The molecule has 92 valence electrons. The highest BCUT2D eigenvalue weighted by Gasteiger charge is 2.53. The van der Waals surface area contributed by atoms with Gasteiger partial charge in [-0.25, -0.2) is 8.42 Å². The van der Waals surface area contributed by atoms with Crippen molar-refractivity contribution in [1.82, 2.24) is 4.31 Å². The first-order valence-electron chi connectivity index (χ1n) is 5.77. The number of hydrogen-bond donors (Lipinski definition) is 0. The van der Waals surface area contributed by atoms with Crippen LogP contribution in [-0.4, -0.2) is 31.6 Å². The van der Waals surface area contributed by atoms with E-state index < -0.39 is 10.0 Å². The summed E-state index contributed by atoms with van der Waals surface area (Å²) in [6.07, 6.45) is 0. The molecule has 17 heavy (non-hydrogen) atoms. The Morgan fingerprint density at radius 3 is 2.76 bits per heavy atom. The van der Waals surface area contributed by atoms with Crippen LogP contribution < -0.4 is 0 Å². The second-order valence-electron chi connectivity index (χ2n) is 4.61. The van der Waals surface area contributed by atoms with Crippen LogP contribution in [0.5, 0.6) is 0 Å². The average Bonchev–Trinajstić information content (AvgIpc) is 2.66. The van der Waals surface area contributed by atoms with Gasteiger partial charge in [-0.05, 0) is 18.1 Å².